The first-order valence-corrected chi connectivity index (χ1v) is 8.62. The van der Waals surface area contributed by atoms with Crippen LogP contribution in [0.3, 0.4) is 0 Å². The quantitative estimate of drug-likeness (QED) is 0.933. The number of carbonyl (C=O) groups excluding carboxylic acids is 1. The zero-order valence-corrected chi connectivity index (χ0v) is 14.2. The van der Waals surface area contributed by atoms with Crippen molar-refractivity contribution in [2.45, 2.75) is 37.8 Å². The van der Waals surface area contributed by atoms with Gasteiger partial charge in [0.25, 0.3) is 0 Å². The van der Waals surface area contributed by atoms with E-state index in [0.29, 0.717) is 5.02 Å². The summed E-state index contributed by atoms with van der Waals surface area (Å²) >= 11 is 7.91. The Kier molecular flexibility index (Phi) is 4.45. The number of thioether (sulfide) groups is 1. The zero-order valence-electron chi connectivity index (χ0n) is 12.6. The Morgan fingerprint density at radius 3 is 3.00 bits per heavy atom. The largest absolute Gasteiger partial charge is 0.348 e. The SMILES string of the molecule is Cc1cc(C)n(CC(=O)N[C@@H]2CCSc3ccc(Cl)cc32)n1. The van der Waals surface area contributed by atoms with Gasteiger partial charge in [0.05, 0.1) is 11.7 Å². The summed E-state index contributed by atoms with van der Waals surface area (Å²) in [5.41, 5.74) is 3.04. The molecule has 0 spiro atoms. The highest BCUT2D eigenvalue weighted by Crippen LogP contribution is 2.37. The normalized spacial score (nSPS) is 17.1. The molecule has 1 N–H and O–H groups in total. The lowest BCUT2D eigenvalue weighted by molar-refractivity contribution is -0.122. The Bertz CT molecular complexity index is 713. The van der Waals surface area contributed by atoms with Crippen molar-refractivity contribution in [3.8, 4) is 0 Å². The molecular formula is C16H18ClN3OS. The lowest BCUT2D eigenvalue weighted by Crippen LogP contribution is -2.33. The molecule has 2 aromatic rings. The van der Waals surface area contributed by atoms with Crippen LogP contribution in [0.25, 0.3) is 0 Å². The van der Waals surface area contributed by atoms with Gasteiger partial charge in [0.2, 0.25) is 5.91 Å². The van der Waals surface area contributed by atoms with Gasteiger partial charge in [-0.25, -0.2) is 0 Å². The van der Waals surface area contributed by atoms with E-state index in [4.69, 9.17) is 11.6 Å². The number of carbonyl (C=O) groups is 1. The highest BCUT2D eigenvalue weighted by atomic mass is 35.5. The van der Waals surface area contributed by atoms with Crippen LogP contribution in [0.2, 0.25) is 5.02 Å². The molecule has 1 aromatic heterocycles. The highest BCUT2D eigenvalue weighted by molar-refractivity contribution is 7.99. The summed E-state index contributed by atoms with van der Waals surface area (Å²) in [7, 11) is 0. The van der Waals surface area contributed by atoms with Gasteiger partial charge in [-0.2, -0.15) is 5.10 Å². The van der Waals surface area contributed by atoms with Gasteiger partial charge in [0.1, 0.15) is 6.54 Å². The number of halogens is 1. The van der Waals surface area contributed by atoms with E-state index in [1.54, 1.807) is 4.68 Å². The van der Waals surface area contributed by atoms with Crippen molar-refractivity contribution in [1.82, 2.24) is 15.1 Å². The Morgan fingerprint density at radius 2 is 2.27 bits per heavy atom. The number of aromatic nitrogens is 2. The summed E-state index contributed by atoms with van der Waals surface area (Å²) in [5, 5.41) is 8.16. The number of rotatable bonds is 3. The number of aryl methyl sites for hydroxylation is 2. The number of hydrogen-bond acceptors (Lipinski definition) is 3. The molecule has 0 saturated heterocycles. The van der Waals surface area contributed by atoms with E-state index in [0.717, 1.165) is 29.1 Å². The molecule has 0 aliphatic carbocycles. The number of fused-ring (bicyclic) bond motifs is 1. The summed E-state index contributed by atoms with van der Waals surface area (Å²) < 4.78 is 1.74. The number of nitrogens with zero attached hydrogens (tertiary/aromatic N) is 2. The molecule has 2 heterocycles. The van der Waals surface area contributed by atoms with E-state index in [1.807, 2.05) is 49.9 Å². The molecule has 1 aliphatic heterocycles. The summed E-state index contributed by atoms with van der Waals surface area (Å²) in [6.45, 7) is 4.14. The second-order valence-corrected chi connectivity index (χ2v) is 7.10. The third-order valence-electron chi connectivity index (χ3n) is 3.74. The molecule has 3 rings (SSSR count). The molecule has 0 fully saturated rings. The van der Waals surface area contributed by atoms with E-state index < -0.39 is 0 Å². The van der Waals surface area contributed by atoms with E-state index in [1.165, 1.54) is 4.90 Å². The van der Waals surface area contributed by atoms with Crippen molar-refractivity contribution in [3.63, 3.8) is 0 Å². The molecular weight excluding hydrogens is 318 g/mol. The van der Waals surface area contributed by atoms with Crippen molar-refractivity contribution in [2.75, 3.05) is 5.75 Å². The van der Waals surface area contributed by atoms with Gasteiger partial charge in [-0.1, -0.05) is 11.6 Å². The van der Waals surface area contributed by atoms with Gasteiger partial charge in [-0.3, -0.25) is 9.48 Å². The first kappa shape index (κ1) is 15.4. The van der Waals surface area contributed by atoms with Crippen LogP contribution in [-0.4, -0.2) is 21.4 Å². The third kappa shape index (κ3) is 3.31. The minimum Gasteiger partial charge on any atom is -0.348 e. The Morgan fingerprint density at radius 1 is 1.45 bits per heavy atom. The van der Waals surface area contributed by atoms with E-state index >= 15 is 0 Å². The Hall–Kier alpha value is -1.46. The first-order chi connectivity index (χ1) is 10.5. The molecule has 0 unspecified atom stereocenters. The van der Waals surface area contributed by atoms with Crippen LogP contribution >= 0.6 is 23.4 Å². The van der Waals surface area contributed by atoms with Crippen LogP contribution in [-0.2, 0) is 11.3 Å². The van der Waals surface area contributed by atoms with Gasteiger partial charge in [0.15, 0.2) is 0 Å². The van der Waals surface area contributed by atoms with Crippen LogP contribution in [0, 0.1) is 13.8 Å². The molecule has 22 heavy (non-hydrogen) atoms. The lowest BCUT2D eigenvalue weighted by Gasteiger charge is -2.26. The second kappa shape index (κ2) is 6.34. The fraction of sp³-hybridized carbons (Fsp3) is 0.375. The topological polar surface area (TPSA) is 46.9 Å². The highest BCUT2D eigenvalue weighted by Gasteiger charge is 2.23. The average molecular weight is 336 g/mol. The zero-order chi connectivity index (χ0) is 15.7. The fourth-order valence-corrected chi connectivity index (χ4v) is 4.01. The van der Waals surface area contributed by atoms with E-state index in [9.17, 15) is 4.79 Å². The number of hydrogen-bond donors (Lipinski definition) is 1. The van der Waals surface area contributed by atoms with Crippen LogP contribution < -0.4 is 5.32 Å². The maximum Gasteiger partial charge on any atom is 0.242 e. The molecule has 116 valence electrons. The average Bonchev–Trinajstić information content (AvgIpc) is 2.77. The predicted molar refractivity (Wildman–Crippen MR) is 89.4 cm³/mol. The molecule has 6 heteroatoms. The van der Waals surface area contributed by atoms with Gasteiger partial charge in [0, 0.05) is 21.4 Å². The molecule has 1 amide bonds. The monoisotopic (exact) mass is 335 g/mol. The van der Waals surface area contributed by atoms with Crippen LogP contribution in [0.15, 0.2) is 29.2 Å². The Labute approximate surface area is 139 Å². The second-order valence-electron chi connectivity index (χ2n) is 5.52. The standard InChI is InChI=1S/C16H18ClN3OS/c1-10-7-11(2)20(19-10)9-16(21)18-14-5-6-22-15-4-3-12(17)8-13(14)15/h3-4,7-8,14H,5-6,9H2,1-2H3,(H,18,21)/t14-/m1/s1. The molecule has 1 aromatic carbocycles. The van der Waals surface area contributed by atoms with Gasteiger partial charge < -0.3 is 5.32 Å². The van der Waals surface area contributed by atoms with Crippen LogP contribution in [0.5, 0.6) is 0 Å². The minimum absolute atomic E-state index is 0.0194. The summed E-state index contributed by atoms with van der Waals surface area (Å²) in [6.07, 6.45) is 0.918. The summed E-state index contributed by atoms with van der Waals surface area (Å²) in [6, 6.07) is 7.88. The molecule has 0 radical (unpaired) electrons. The molecule has 1 atom stereocenters. The third-order valence-corrected chi connectivity index (χ3v) is 5.10. The first-order valence-electron chi connectivity index (χ1n) is 7.25. The smallest absolute Gasteiger partial charge is 0.242 e. The van der Waals surface area contributed by atoms with Crippen molar-refractivity contribution in [2.24, 2.45) is 0 Å². The van der Waals surface area contributed by atoms with E-state index in [-0.39, 0.29) is 18.5 Å². The number of amides is 1. The fourth-order valence-electron chi connectivity index (χ4n) is 2.73. The molecule has 0 bridgehead atoms. The summed E-state index contributed by atoms with van der Waals surface area (Å²) in [5.74, 6) is 0.980. The lowest BCUT2D eigenvalue weighted by atomic mass is 10.0. The molecule has 4 nitrogen and oxygen atoms in total. The number of benzene rings is 1. The van der Waals surface area contributed by atoms with Crippen molar-refractivity contribution in [1.29, 1.82) is 0 Å². The van der Waals surface area contributed by atoms with Gasteiger partial charge in [-0.05, 0) is 50.1 Å². The van der Waals surface area contributed by atoms with Crippen LogP contribution in [0.4, 0.5) is 0 Å². The van der Waals surface area contributed by atoms with E-state index in [2.05, 4.69) is 10.4 Å². The minimum atomic E-state index is -0.0194. The molecule has 0 saturated carbocycles. The summed E-state index contributed by atoms with van der Waals surface area (Å²) in [4.78, 5) is 13.5. The van der Waals surface area contributed by atoms with Crippen molar-refractivity contribution in [3.05, 3.63) is 46.2 Å². The van der Waals surface area contributed by atoms with Crippen molar-refractivity contribution < 1.29 is 4.79 Å². The van der Waals surface area contributed by atoms with Crippen LogP contribution in [0.1, 0.15) is 29.4 Å². The van der Waals surface area contributed by atoms with Crippen molar-refractivity contribution >= 4 is 29.3 Å². The predicted octanol–water partition coefficient (Wildman–Crippen LogP) is 3.51. The maximum atomic E-state index is 12.3. The number of nitrogens with one attached hydrogen (secondary N) is 1. The van der Waals surface area contributed by atoms with Gasteiger partial charge >= 0.3 is 0 Å². The maximum absolute atomic E-state index is 12.3. The Balaban J connectivity index is 1.73. The van der Waals surface area contributed by atoms with Gasteiger partial charge in [-0.15, -0.1) is 11.8 Å². The molecule has 1 aliphatic rings.